The Hall–Kier alpha value is -3.75. The molecule has 0 aliphatic heterocycles. The van der Waals surface area contributed by atoms with E-state index in [2.05, 4.69) is 20.2 Å². The van der Waals surface area contributed by atoms with E-state index in [4.69, 9.17) is 0 Å². The van der Waals surface area contributed by atoms with Gasteiger partial charge in [-0.2, -0.15) is 34.8 Å². The van der Waals surface area contributed by atoms with Crippen molar-refractivity contribution in [3.05, 3.63) is 59.8 Å². The van der Waals surface area contributed by atoms with E-state index in [1.165, 1.54) is 35.1 Å². The number of azo groups is 1. The Morgan fingerprint density at radius 3 is 2.08 bits per heavy atom. The topological polar surface area (TPSA) is 99.9 Å². The zero-order chi connectivity index (χ0) is 28.3. The van der Waals surface area contributed by atoms with E-state index in [0.29, 0.717) is 24.5 Å². The minimum atomic E-state index is -5.75. The number of aromatic nitrogens is 2. The second kappa shape index (κ2) is 10.9. The van der Waals surface area contributed by atoms with Crippen LogP contribution in [0.3, 0.4) is 0 Å². The fourth-order valence-electron chi connectivity index (χ4n) is 3.33. The Balaban J connectivity index is 2.01. The summed E-state index contributed by atoms with van der Waals surface area (Å²) in [6.45, 7) is 6.24. The maximum Gasteiger partial charge on any atom is 0.516 e. The molecule has 0 fully saturated rings. The molecule has 0 aliphatic carbocycles. The highest BCUT2D eigenvalue weighted by molar-refractivity contribution is 7.93. The molecule has 1 N–H and O–H groups in total. The van der Waals surface area contributed by atoms with Crippen molar-refractivity contribution in [2.24, 2.45) is 10.2 Å². The Morgan fingerprint density at radius 1 is 0.895 bits per heavy atom. The van der Waals surface area contributed by atoms with Crippen molar-refractivity contribution in [1.82, 2.24) is 9.97 Å². The highest BCUT2D eigenvalue weighted by Crippen LogP contribution is 2.35. The number of rotatable bonds is 8. The molecule has 0 atom stereocenters. The van der Waals surface area contributed by atoms with Crippen LogP contribution in [-0.4, -0.2) is 37.0 Å². The predicted molar refractivity (Wildman–Crippen MR) is 130 cm³/mol. The molecule has 0 bridgehead atoms. The SMILES string of the molecule is CCN(CC)c1ccc(N=Nc2cc(C)nc(-c3ccc(C(F)(F)F)cc3)n2)c(NS(=O)(=O)C(F)(F)F)c1. The lowest BCUT2D eigenvalue weighted by molar-refractivity contribution is -0.137. The first-order valence-electron chi connectivity index (χ1n) is 11.1. The van der Waals surface area contributed by atoms with Crippen molar-refractivity contribution >= 4 is 32.9 Å². The minimum absolute atomic E-state index is 0.0440. The van der Waals surface area contributed by atoms with Crippen molar-refractivity contribution in [2.45, 2.75) is 32.5 Å². The molecule has 1 heterocycles. The molecule has 0 aliphatic rings. The van der Waals surface area contributed by atoms with Gasteiger partial charge in [0.2, 0.25) is 0 Å². The molecule has 1 aromatic heterocycles. The van der Waals surface area contributed by atoms with Crippen molar-refractivity contribution in [2.75, 3.05) is 22.7 Å². The van der Waals surface area contributed by atoms with E-state index < -0.39 is 33.0 Å². The van der Waals surface area contributed by atoms with Crippen LogP contribution in [0, 0.1) is 6.92 Å². The number of aryl methyl sites for hydroxylation is 1. The average Bonchev–Trinajstić information content (AvgIpc) is 2.82. The lowest BCUT2D eigenvalue weighted by Crippen LogP contribution is -2.30. The molecule has 15 heteroatoms. The van der Waals surface area contributed by atoms with Gasteiger partial charge in [0, 0.05) is 36.1 Å². The molecule has 8 nitrogen and oxygen atoms in total. The Labute approximate surface area is 214 Å². The molecule has 0 unspecified atom stereocenters. The second-order valence-corrected chi connectivity index (χ2v) is 9.57. The lowest BCUT2D eigenvalue weighted by Gasteiger charge is -2.22. The number of anilines is 2. The van der Waals surface area contributed by atoms with Gasteiger partial charge in [0.1, 0.15) is 5.69 Å². The molecular formula is C23H22F6N6O2S. The maximum atomic E-state index is 13.0. The van der Waals surface area contributed by atoms with Gasteiger partial charge in [-0.3, -0.25) is 4.72 Å². The molecular weight excluding hydrogens is 538 g/mol. The number of nitrogens with one attached hydrogen (secondary N) is 1. The van der Waals surface area contributed by atoms with Gasteiger partial charge < -0.3 is 4.90 Å². The van der Waals surface area contributed by atoms with Gasteiger partial charge in [-0.05, 0) is 51.1 Å². The first kappa shape index (κ1) is 28.8. The number of alkyl halides is 6. The molecule has 38 heavy (non-hydrogen) atoms. The lowest BCUT2D eigenvalue weighted by atomic mass is 10.1. The third kappa shape index (κ3) is 6.76. The smallest absolute Gasteiger partial charge is 0.372 e. The standard InChI is InChI=1S/C23H22F6N6O2S/c1-4-35(5-2)17-10-11-18(19(13-17)34-38(36,37)23(27,28)29)32-33-20-12-14(3)30-21(31-20)15-6-8-16(9-7-15)22(24,25)26/h6-13,34H,4-5H2,1-3H3. The summed E-state index contributed by atoms with van der Waals surface area (Å²) in [5.41, 5.74) is -5.98. The summed E-state index contributed by atoms with van der Waals surface area (Å²) >= 11 is 0. The fraction of sp³-hybridized carbons (Fsp3) is 0.304. The molecule has 3 rings (SSSR count). The largest absolute Gasteiger partial charge is 0.516 e. The van der Waals surface area contributed by atoms with Gasteiger partial charge in [-0.25, -0.2) is 9.97 Å². The number of halogens is 6. The van der Waals surface area contributed by atoms with Crippen LogP contribution in [-0.2, 0) is 16.2 Å². The number of hydrogen-bond donors (Lipinski definition) is 1. The highest BCUT2D eigenvalue weighted by Gasteiger charge is 2.46. The van der Waals surface area contributed by atoms with Crippen molar-refractivity contribution < 1.29 is 34.8 Å². The molecule has 0 amide bonds. The first-order valence-corrected chi connectivity index (χ1v) is 12.6. The van der Waals surface area contributed by atoms with Crippen LogP contribution in [0.4, 0.5) is 49.2 Å². The maximum absolute atomic E-state index is 13.0. The summed E-state index contributed by atoms with van der Waals surface area (Å²) in [7, 11) is -5.75. The molecule has 204 valence electrons. The van der Waals surface area contributed by atoms with Gasteiger partial charge >= 0.3 is 21.7 Å². The first-order chi connectivity index (χ1) is 17.6. The van der Waals surface area contributed by atoms with Crippen LogP contribution in [0.2, 0.25) is 0 Å². The van der Waals surface area contributed by atoms with Gasteiger partial charge in [0.25, 0.3) is 0 Å². The van der Waals surface area contributed by atoms with Crippen molar-refractivity contribution in [3.63, 3.8) is 0 Å². The van der Waals surface area contributed by atoms with Crippen LogP contribution in [0.15, 0.2) is 58.8 Å². The van der Waals surface area contributed by atoms with Crippen LogP contribution < -0.4 is 9.62 Å². The van der Waals surface area contributed by atoms with Crippen molar-refractivity contribution in [3.8, 4) is 11.4 Å². The normalized spacial score (nSPS) is 12.7. The van der Waals surface area contributed by atoms with E-state index in [1.807, 2.05) is 13.8 Å². The molecule has 3 aromatic rings. The molecule has 0 saturated carbocycles. The highest BCUT2D eigenvalue weighted by atomic mass is 32.2. The summed E-state index contributed by atoms with van der Waals surface area (Å²) in [5.74, 6) is -0.00704. The average molecular weight is 561 g/mol. The van der Waals surface area contributed by atoms with E-state index in [-0.39, 0.29) is 22.9 Å². The molecule has 0 spiro atoms. The van der Waals surface area contributed by atoms with Crippen molar-refractivity contribution in [1.29, 1.82) is 0 Å². The van der Waals surface area contributed by atoms with Gasteiger partial charge in [-0.15, -0.1) is 10.2 Å². The van der Waals surface area contributed by atoms with E-state index >= 15 is 0 Å². The second-order valence-electron chi connectivity index (χ2n) is 7.89. The zero-order valence-corrected chi connectivity index (χ0v) is 21.1. The quantitative estimate of drug-likeness (QED) is 0.236. The summed E-state index contributed by atoms with van der Waals surface area (Å²) in [4.78, 5) is 10.1. The van der Waals surface area contributed by atoms with Crippen LogP contribution >= 0.6 is 0 Å². The van der Waals surface area contributed by atoms with E-state index in [0.717, 1.165) is 12.1 Å². The summed E-state index contributed by atoms with van der Waals surface area (Å²) in [5, 5.41) is 7.80. The monoisotopic (exact) mass is 560 g/mol. The fourth-order valence-corrected chi connectivity index (χ4v) is 3.90. The number of nitrogens with zero attached hydrogens (tertiary/aromatic N) is 5. The van der Waals surface area contributed by atoms with E-state index in [1.54, 1.807) is 17.9 Å². The third-order valence-corrected chi connectivity index (χ3v) is 6.33. The minimum Gasteiger partial charge on any atom is -0.372 e. The Kier molecular flexibility index (Phi) is 8.29. The summed E-state index contributed by atoms with van der Waals surface area (Å²) in [6.07, 6.45) is -4.52. The van der Waals surface area contributed by atoms with E-state index in [9.17, 15) is 34.8 Å². The number of benzene rings is 2. The molecule has 0 saturated heterocycles. The van der Waals surface area contributed by atoms with Crippen LogP contribution in [0.1, 0.15) is 25.1 Å². The number of hydrogen-bond acceptors (Lipinski definition) is 7. The molecule has 0 radical (unpaired) electrons. The summed E-state index contributed by atoms with van der Waals surface area (Å²) in [6, 6.07) is 9.58. The van der Waals surface area contributed by atoms with Crippen LogP contribution in [0.5, 0.6) is 0 Å². The van der Waals surface area contributed by atoms with Gasteiger partial charge in [0.05, 0.1) is 11.3 Å². The van der Waals surface area contributed by atoms with Gasteiger partial charge in [-0.1, -0.05) is 12.1 Å². The van der Waals surface area contributed by atoms with Gasteiger partial charge in [0.15, 0.2) is 11.6 Å². The van der Waals surface area contributed by atoms with Crippen LogP contribution in [0.25, 0.3) is 11.4 Å². The Morgan fingerprint density at radius 2 is 1.53 bits per heavy atom. The zero-order valence-electron chi connectivity index (χ0n) is 20.3. The third-order valence-electron chi connectivity index (χ3n) is 5.23. The number of sulfonamides is 1. The Bertz CT molecular complexity index is 1420. The predicted octanol–water partition coefficient (Wildman–Crippen LogP) is 6.99. The molecule has 2 aromatic carbocycles. The summed E-state index contributed by atoms with van der Waals surface area (Å²) < 4.78 is 103.